The maximum atomic E-state index is 12.9. The first-order chi connectivity index (χ1) is 12.4. The van der Waals surface area contributed by atoms with Crippen LogP contribution in [0.15, 0.2) is 30.3 Å². The number of nitrogens with zero attached hydrogens (tertiary/aromatic N) is 3. The SMILES string of the molecule is CCC1CCCCN1c1cc(C)nc(Nc2cccc(C(F)(F)F)c2)n1. The molecule has 0 bridgehead atoms. The first kappa shape index (κ1) is 18.5. The Balaban J connectivity index is 1.86. The van der Waals surface area contributed by atoms with Crippen LogP contribution in [-0.4, -0.2) is 22.6 Å². The van der Waals surface area contributed by atoms with E-state index in [1.165, 1.54) is 12.5 Å². The first-order valence-corrected chi connectivity index (χ1v) is 8.93. The third kappa shape index (κ3) is 4.26. The molecular formula is C19H23F3N4. The van der Waals surface area contributed by atoms with E-state index in [-0.39, 0.29) is 0 Å². The molecule has 1 aromatic carbocycles. The van der Waals surface area contributed by atoms with Crippen molar-refractivity contribution in [2.24, 2.45) is 0 Å². The zero-order valence-corrected chi connectivity index (χ0v) is 15.0. The summed E-state index contributed by atoms with van der Waals surface area (Å²) in [4.78, 5) is 11.2. The number of alkyl halides is 3. The molecule has 0 aliphatic carbocycles. The predicted octanol–water partition coefficient (Wildman–Crippen LogP) is 5.32. The van der Waals surface area contributed by atoms with Gasteiger partial charge in [0.2, 0.25) is 5.95 Å². The molecule has 7 heteroatoms. The molecule has 3 rings (SSSR count). The molecule has 26 heavy (non-hydrogen) atoms. The minimum Gasteiger partial charge on any atom is -0.353 e. The van der Waals surface area contributed by atoms with Crippen LogP contribution in [0.3, 0.4) is 0 Å². The molecule has 0 radical (unpaired) electrons. The molecule has 1 saturated heterocycles. The van der Waals surface area contributed by atoms with Crippen LogP contribution in [0.25, 0.3) is 0 Å². The fourth-order valence-corrected chi connectivity index (χ4v) is 3.38. The van der Waals surface area contributed by atoms with Gasteiger partial charge in [-0.3, -0.25) is 0 Å². The minimum absolute atomic E-state index is 0.319. The topological polar surface area (TPSA) is 41.1 Å². The summed E-state index contributed by atoms with van der Waals surface area (Å²) in [6.45, 7) is 4.98. The van der Waals surface area contributed by atoms with Gasteiger partial charge in [0.25, 0.3) is 0 Å². The summed E-state index contributed by atoms with van der Waals surface area (Å²) in [5.74, 6) is 1.15. The number of anilines is 3. The Bertz CT molecular complexity index is 761. The largest absolute Gasteiger partial charge is 0.416 e. The van der Waals surface area contributed by atoms with Crippen LogP contribution in [0.2, 0.25) is 0 Å². The highest BCUT2D eigenvalue weighted by Gasteiger charge is 2.30. The van der Waals surface area contributed by atoms with Crippen molar-refractivity contribution >= 4 is 17.5 Å². The second kappa shape index (κ2) is 7.51. The number of nitrogens with one attached hydrogen (secondary N) is 1. The Hall–Kier alpha value is -2.31. The van der Waals surface area contributed by atoms with E-state index in [4.69, 9.17) is 0 Å². The molecule has 1 unspecified atom stereocenters. The summed E-state index contributed by atoms with van der Waals surface area (Å²) in [6.07, 6.45) is 0.137. The normalized spacial score (nSPS) is 18.0. The van der Waals surface area contributed by atoms with Gasteiger partial charge in [0.05, 0.1) is 5.56 Å². The van der Waals surface area contributed by atoms with E-state index >= 15 is 0 Å². The third-order valence-electron chi connectivity index (χ3n) is 4.68. The maximum absolute atomic E-state index is 12.9. The molecule has 1 aliphatic heterocycles. The second-order valence-electron chi connectivity index (χ2n) is 6.65. The summed E-state index contributed by atoms with van der Waals surface area (Å²) in [7, 11) is 0. The monoisotopic (exact) mass is 364 g/mol. The highest BCUT2D eigenvalue weighted by molar-refractivity contribution is 5.57. The van der Waals surface area contributed by atoms with Crippen molar-refractivity contribution in [3.63, 3.8) is 0 Å². The lowest BCUT2D eigenvalue weighted by molar-refractivity contribution is -0.137. The summed E-state index contributed by atoms with van der Waals surface area (Å²) < 4.78 is 38.7. The molecule has 1 fully saturated rings. The summed E-state index contributed by atoms with van der Waals surface area (Å²) in [5.41, 5.74) is 0.407. The van der Waals surface area contributed by atoms with E-state index in [0.29, 0.717) is 17.7 Å². The standard InChI is InChI=1S/C19H23F3N4/c1-3-16-9-4-5-10-26(16)17-11-13(2)23-18(25-17)24-15-8-6-7-14(12-15)19(20,21)22/h6-8,11-12,16H,3-5,9-10H2,1-2H3,(H,23,24,25). The van der Waals surface area contributed by atoms with E-state index in [1.54, 1.807) is 6.07 Å². The maximum Gasteiger partial charge on any atom is 0.416 e. The number of rotatable bonds is 4. The molecular weight excluding hydrogens is 341 g/mol. The molecule has 1 N–H and O–H groups in total. The molecule has 0 saturated carbocycles. The number of halogens is 3. The summed E-state index contributed by atoms with van der Waals surface area (Å²) in [5, 5.41) is 2.92. The molecule has 2 heterocycles. The zero-order valence-electron chi connectivity index (χ0n) is 15.0. The first-order valence-electron chi connectivity index (χ1n) is 8.93. The van der Waals surface area contributed by atoms with Crippen LogP contribution in [0.5, 0.6) is 0 Å². The third-order valence-corrected chi connectivity index (χ3v) is 4.68. The lowest BCUT2D eigenvalue weighted by atomic mass is 10.00. The highest BCUT2D eigenvalue weighted by atomic mass is 19.4. The van der Waals surface area contributed by atoms with Crippen LogP contribution >= 0.6 is 0 Å². The van der Waals surface area contributed by atoms with Gasteiger partial charge in [0.1, 0.15) is 5.82 Å². The van der Waals surface area contributed by atoms with Gasteiger partial charge < -0.3 is 10.2 Å². The van der Waals surface area contributed by atoms with Gasteiger partial charge in [-0.1, -0.05) is 13.0 Å². The van der Waals surface area contributed by atoms with Crippen LogP contribution in [0, 0.1) is 6.92 Å². The summed E-state index contributed by atoms with van der Waals surface area (Å²) in [6, 6.07) is 7.45. The molecule has 2 aromatic rings. The van der Waals surface area contributed by atoms with Crippen LogP contribution < -0.4 is 10.2 Å². The summed E-state index contributed by atoms with van der Waals surface area (Å²) >= 11 is 0. The van der Waals surface area contributed by atoms with Crippen molar-refractivity contribution in [2.75, 3.05) is 16.8 Å². The smallest absolute Gasteiger partial charge is 0.353 e. The van der Waals surface area contributed by atoms with Gasteiger partial charge in [-0.05, 0) is 50.8 Å². The van der Waals surface area contributed by atoms with Gasteiger partial charge in [-0.2, -0.15) is 18.2 Å². The molecule has 1 aromatic heterocycles. The number of benzene rings is 1. The molecule has 0 amide bonds. The van der Waals surface area contributed by atoms with Crippen molar-refractivity contribution in [2.45, 2.75) is 51.7 Å². The van der Waals surface area contributed by atoms with E-state index in [0.717, 1.165) is 49.5 Å². The lowest BCUT2D eigenvalue weighted by Crippen LogP contribution is -2.39. The number of hydrogen-bond acceptors (Lipinski definition) is 4. The van der Waals surface area contributed by atoms with E-state index < -0.39 is 11.7 Å². The fourth-order valence-electron chi connectivity index (χ4n) is 3.38. The van der Waals surface area contributed by atoms with Crippen LogP contribution in [0.1, 0.15) is 43.9 Å². The Kier molecular flexibility index (Phi) is 5.34. The molecule has 0 spiro atoms. The van der Waals surface area contributed by atoms with Crippen molar-refractivity contribution < 1.29 is 13.2 Å². The average Bonchev–Trinajstić information content (AvgIpc) is 2.60. The Morgan fingerprint density at radius 2 is 2.00 bits per heavy atom. The second-order valence-corrected chi connectivity index (χ2v) is 6.65. The van der Waals surface area contributed by atoms with Crippen molar-refractivity contribution in [3.8, 4) is 0 Å². The number of aromatic nitrogens is 2. The Morgan fingerprint density at radius 1 is 1.19 bits per heavy atom. The lowest BCUT2D eigenvalue weighted by Gasteiger charge is -2.36. The Morgan fingerprint density at radius 3 is 2.73 bits per heavy atom. The minimum atomic E-state index is -4.38. The molecule has 1 atom stereocenters. The van der Waals surface area contributed by atoms with Gasteiger partial charge in [0, 0.05) is 30.0 Å². The van der Waals surface area contributed by atoms with Gasteiger partial charge in [-0.25, -0.2) is 4.98 Å². The van der Waals surface area contributed by atoms with Gasteiger partial charge in [-0.15, -0.1) is 0 Å². The van der Waals surface area contributed by atoms with E-state index in [1.807, 2.05) is 13.0 Å². The van der Waals surface area contributed by atoms with Crippen LogP contribution in [-0.2, 0) is 6.18 Å². The number of aryl methyl sites for hydroxylation is 1. The predicted molar refractivity (Wildman–Crippen MR) is 96.8 cm³/mol. The van der Waals surface area contributed by atoms with Gasteiger partial charge >= 0.3 is 6.18 Å². The molecule has 4 nitrogen and oxygen atoms in total. The van der Waals surface area contributed by atoms with Crippen LogP contribution in [0.4, 0.5) is 30.6 Å². The Labute approximate surface area is 151 Å². The van der Waals surface area contributed by atoms with Crippen molar-refractivity contribution in [3.05, 3.63) is 41.6 Å². The van der Waals surface area contributed by atoms with E-state index in [9.17, 15) is 13.2 Å². The fraction of sp³-hybridized carbons (Fsp3) is 0.474. The van der Waals surface area contributed by atoms with Gasteiger partial charge in [0.15, 0.2) is 0 Å². The van der Waals surface area contributed by atoms with Crippen molar-refractivity contribution in [1.29, 1.82) is 0 Å². The van der Waals surface area contributed by atoms with Crippen molar-refractivity contribution in [1.82, 2.24) is 9.97 Å². The number of hydrogen-bond donors (Lipinski definition) is 1. The molecule has 140 valence electrons. The average molecular weight is 364 g/mol. The highest BCUT2D eigenvalue weighted by Crippen LogP contribution is 2.31. The molecule has 1 aliphatic rings. The van der Waals surface area contributed by atoms with E-state index in [2.05, 4.69) is 27.1 Å². The number of piperidine rings is 1. The quantitative estimate of drug-likeness (QED) is 0.797. The zero-order chi connectivity index (χ0) is 18.7.